The van der Waals surface area contributed by atoms with Crippen LogP contribution in [0.2, 0.25) is 0 Å². The van der Waals surface area contributed by atoms with E-state index in [4.69, 9.17) is 9.47 Å². The number of likely N-dealkylation sites (tertiary alicyclic amines) is 1. The fourth-order valence-corrected chi connectivity index (χ4v) is 3.57. The van der Waals surface area contributed by atoms with E-state index in [1.165, 1.54) is 4.90 Å². The van der Waals surface area contributed by atoms with Gasteiger partial charge in [-0.1, -0.05) is 24.8 Å². The second-order valence-electron chi connectivity index (χ2n) is 7.69. The van der Waals surface area contributed by atoms with Gasteiger partial charge in [0.25, 0.3) is 11.7 Å². The summed E-state index contributed by atoms with van der Waals surface area (Å²) in [4.78, 5) is 29.4. The van der Waals surface area contributed by atoms with E-state index in [-0.39, 0.29) is 11.3 Å². The van der Waals surface area contributed by atoms with Crippen molar-refractivity contribution in [1.82, 2.24) is 9.80 Å². The van der Waals surface area contributed by atoms with Gasteiger partial charge in [-0.25, -0.2) is 0 Å². The molecule has 2 aromatic rings. The molecule has 0 radical (unpaired) electrons. The van der Waals surface area contributed by atoms with Crippen LogP contribution < -0.4 is 9.47 Å². The summed E-state index contributed by atoms with van der Waals surface area (Å²) in [6, 6.07) is 13.2. The van der Waals surface area contributed by atoms with Gasteiger partial charge in [-0.2, -0.15) is 0 Å². The Hall–Kier alpha value is -3.58. The molecule has 7 nitrogen and oxygen atoms in total. The third-order valence-corrected chi connectivity index (χ3v) is 5.26. The topological polar surface area (TPSA) is 79.3 Å². The van der Waals surface area contributed by atoms with E-state index in [1.807, 2.05) is 19.0 Å². The maximum atomic E-state index is 13.0. The highest BCUT2D eigenvalue weighted by molar-refractivity contribution is 6.46. The molecule has 0 bridgehead atoms. The van der Waals surface area contributed by atoms with Gasteiger partial charge in [0.2, 0.25) is 0 Å². The molecule has 1 fully saturated rings. The van der Waals surface area contributed by atoms with Crippen molar-refractivity contribution in [1.29, 1.82) is 0 Å². The minimum absolute atomic E-state index is 0.0682. The number of ketones is 1. The van der Waals surface area contributed by atoms with Crippen LogP contribution in [0, 0.1) is 0 Å². The Balaban J connectivity index is 2.06. The van der Waals surface area contributed by atoms with Gasteiger partial charge in [-0.15, -0.1) is 0 Å². The van der Waals surface area contributed by atoms with Crippen LogP contribution in [0.4, 0.5) is 0 Å². The Bertz CT molecular complexity index is 1010. The zero-order chi connectivity index (χ0) is 23.3. The smallest absolute Gasteiger partial charge is 0.295 e. The fraction of sp³-hybridized carbons (Fsp3) is 0.280. The van der Waals surface area contributed by atoms with Crippen LogP contribution in [-0.4, -0.2) is 67.5 Å². The van der Waals surface area contributed by atoms with E-state index in [9.17, 15) is 14.7 Å². The molecule has 7 heteroatoms. The van der Waals surface area contributed by atoms with E-state index >= 15 is 0 Å². The molecule has 32 heavy (non-hydrogen) atoms. The van der Waals surface area contributed by atoms with Gasteiger partial charge in [0.05, 0.1) is 18.7 Å². The first kappa shape index (κ1) is 23.1. The van der Waals surface area contributed by atoms with E-state index in [2.05, 4.69) is 6.58 Å². The SMILES string of the molecule is C=CCOc1ccc(C2C(=C(O)c3ccc(OC)cc3)C(=O)C(=O)N2CCN(C)C)cc1. The van der Waals surface area contributed by atoms with Crippen molar-refractivity contribution in [3.05, 3.63) is 77.9 Å². The van der Waals surface area contributed by atoms with Crippen molar-refractivity contribution < 1.29 is 24.2 Å². The second kappa shape index (κ2) is 10.2. The summed E-state index contributed by atoms with van der Waals surface area (Å²) in [5.41, 5.74) is 1.22. The number of hydrogen-bond acceptors (Lipinski definition) is 6. The molecule has 0 saturated carbocycles. The molecule has 0 spiro atoms. The van der Waals surface area contributed by atoms with Crippen LogP contribution in [0.1, 0.15) is 17.2 Å². The molecule has 1 saturated heterocycles. The van der Waals surface area contributed by atoms with Gasteiger partial charge in [-0.05, 0) is 56.1 Å². The molecular formula is C25H28N2O5. The lowest BCUT2D eigenvalue weighted by atomic mass is 9.95. The first-order valence-electron chi connectivity index (χ1n) is 10.3. The van der Waals surface area contributed by atoms with Crippen LogP contribution in [0.3, 0.4) is 0 Å². The number of likely N-dealkylation sites (N-methyl/N-ethyl adjacent to an activating group) is 1. The van der Waals surface area contributed by atoms with Gasteiger partial charge in [0.1, 0.15) is 23.9 Å². The van der Waals surface area contributed by atoms with Crippen molar-refractivity contribution >= 4 is 17.4 Å². The Morgan fingerprint density at radius 2 is 1.72 bits per heavy atom. The Morgan fingerprint density at radius 3 is 2.28 bits per heavy atom. The highest BCUT2D eigenvalue weighted by Crippen LogP contribution is 2.39. The van der Waals surface area contributed by atoms with E-state index in [0.717, 1.165) is 0 Å². The zero-order valence-electron chi connectivity index (χ0n) is 18.6. The third-order valence-electron chi connectivity index (χ3n) is 5.26. The number of methoxy groups -OCH3 is 1. The number of benzene rings is 2. The number of carbonyl (C=O) groups is 2. The minimum Gasteiger partial charge on any atom is -0.507 e. The quantitative estimate of drug-likeness (QED) is 0.281. The van der Waals surface area contributed by atoms with E-state index < -0.39 is 17.7 Å². The molecular weight excluding hydrogens is 408 g/mol. The highest BCUT2D eigenvalue weighted by Gasteiger charge is 2.45. The predicted octanol–water partition coefficient (Wildman–Crippen LogP) is 3.24. The Morgan fingerprint density at radius 1 is 1.09 bits per heavy atom. The maximum Gasteiger partial charge on any atom is 0.295 e. The molecule has 168 valence electrons. The Kier molecular flexibility index (Phi) is 7.33. The molecule has 1 amide bonds. The van der Waals surface area contributed by atoms with Crippen molar-refractivity contribution in [2.24, 2.45) is 0 Å². The molecule has 1 unspecified atom stereocenters. The number of nitrogens with zero attached hydrogens (tertiary/aromatic N) is 2. The van der Waals surface area contributed by atoms with Crippen molar-refractivity contribution in [2.75, 3.05) is 40.9 Å². The van der Waals surface area contributed by atoms with Crippen LogP contribution in [0.25, 0.3) is 5.76 Å². The summed E-state index contributed by atoms with van der Waals surface area (Å²) < 4.78 is 10.7. The van der Waals surface area contributed by atoms with Crippen molar-refractivity contribution in [3.8, 4) is 11.5 Å². The van der Waals surface area contributed by atoms with Gasteiger partial charge in [0.15, 0.2) is 0 Å². The molecule has 0 aromatic heterocycles. The van der Waals surface area contributed by atoms with E-state index in [1.54, 1.807) is 61.7 Å². The number of carbonyl (C=O) groups excluding carboxylic acids is 2. The number of hydrogen-bond donors (Lipinski definition) is 1. The van der Waals surface area contributed by atoms with E-state index in [0.29, 0.717) is 42.3 Å². The number of ether oxygens (including phenoxy) is 2. The van der Waals surface area contributed by atoms with Crippen LogP contribution in [0.5, 0.6) is 11.5 Å². The molecule has 0 aliphatic carbocycles. The lowest BCUT2D eigenvalue weighted by Gasteiger charge is -2.26. The van der Waals surface area contributed by atoms with Gasteiger partial charge < -0.3 is 24.4 Å². The highest BCUT2D eigenvalue weighted by atomic mass is 16.5. The van der Waals surface area contributed by atoms with Crippen molar-refractivity contribution in [2.45, 2.75) is 6.04 Å². The second-order valence-corrected chi connectivity index (χ2v) is 7.69. The van der Waals surface area contributed by atoms with Gasteiger partial charge in [-0.3, -0.25) is 9.59 Å². The molecule has 1 atom stereocenters. The molecule has 1 aliphatic heterocycles. The fourth-order valence-electron chi connectivity index (χ4n) is 3.57. The third kappa shape index (κ3) is 4.84. The number of aliphatic hydroxyl groups is 1. The standard InChI is InChI=1S/C25H28N2O5/c1-5-16-32-20-12-6-17(7-13-20)22-21(23(28)18-8-10-19(31-4)11-9-18)24(29)25(30)27(22)15-14-26(2)3/h5-13,22,28H,1,14-16H2,2-4H3. The number of amides is 1. The number of Topliss-reactive ketones (excluding diaryl/α,β-unsaturated/α-hetero) is 1. The first-order chi connectivity index (χ1) is 15.4. The normalized spacial score (nSPS) is 17.6. The molecule has 1 heterocycles. The summed E-state index contributed by atoms with van der Waals surface area (Å²) in [7, 11) is 5.34. The number of aliphatic hydroxyl groups excluding tert-OH is 1. The molecule has 3 rings (SSSR count). The minimum atomic E-state index is -0.703. The average molecular weight is 437 g/mol. The maximum absolute atomic E-state index is 13.0. The largest absolute Gasteiger partial charge is 0.507 e. The van der Waals surface area contributed by atoms with Crippen LogP contribution >= 0.6 is 0 Å². The van der Waals surface area contributed by atoms with Crippen LogP contribution in [-0.2, 0) is 9.59 Å². The van der Waals surface area contributed by atoms with Crippen molar-refractivity contribution in [3.63, 3.8) is 0 Å². The molecule has 1 N–H and O–H groups in total. The number of rotatable bonds is 9. The monoisotopic (exact) mass is 436 g/mol. The first-order valence-corrected chi connectivity index (χ1v) is 10.3. The summed E-state index contributed by atoms with van der Waals surface area (Å²) >= 11 is 0. The lowest BCUT2D eigenvalue weighted by Crippen LogP contribution is -2.35. The molecule has 2 aromatic carbocycles. The summed E-state index contributed by atoms with van der Waals surface area (Å²) in [6.45, 7) is 4.93. The average Bonchev–Trinajstić information content (AvgIpc) is 3.06. The summed E-state index contributed by atoms with van der Waals surface area (Å²) in [5, 5.41) is 11.1. The van der Waals surface area contributed by atoms with Gasteiger partial charge in [0, 0.05) is 18.7 Å². The Labute approximate surface area is 188 Å². The summed E-state index contributed by atoms with van der Waals surface area (Å²) in [6.07, 6.45) is 1.65. The van der Waals surface area contributed by atoms with Gasteiger partial charge >= 0.3 is 0 Å². The predicted molar refractivity (Wildman–Crippen MR) is 123 cm³/mol. The zero-order valence-corrected chi connectivity index (χ0v) is 18.6. The van der Waals surface area contributed by atoms with Crippen LogP contribution in [0.15, 0.2) is 66.8 Å². The lowest BCUT2D eigenvalue weighted by molar-refractivity contribution is -0.140. The summed E-state index contributed by atoms with van der Waals surface area (Å²) in [5.74, 6) is -0.267. The molecule has 1 aliphatic rings.